The highest BCUT2D eigenvalue weighted by molar-refractivity contribution is 14.1. The van der Waals surface area contributed by atoms with Crippen LogP contribution in [0.5, 0.6) is 0 Å². The topological polar surface area (TPSA) is 24.7 Å². The second kappa shape index (κ2) is 2.30. The number of fused-ring (bicyclic) bond motifs is 1. The molecule has 0 saturated carbocycles. The molecule has 2 aliphatic rings. The summed E-state index contributed by atoms with van der Waals surface area (Å²) >= 11 is 2.25. The zero-order valence-electron chi connectivity index (χ0n) is 5.16. The molecule has 0 aliphatic carbocycles. The van der Waals surface area contributed by atoms with Gasteiger partial charge in [-0.1, -0.05) is 0 Å². The van der Waals surface area contributed by atoms with Crippen LogP contribution < -0.4 is 0 Å². The summed E-state index contributed by atoms with van der Waals surface area (Å²) in [5.74, 6) is 0. The van der Waals surface area contributed by atoms with Crippen LogP contribution in [0.4, 0.5) is 0 Å². The minimum absolute atomic E-state index is 0.0681. The van der Waals surface area contributed by atoms with Crippen molar-refractivity contribution in [1.29, 1.82) is 0 Å². The predicted octanol–water partition coefficient (Wildman–Crippen LogP) is 1.73. The molecule has 0 fully saturated rings. The van der Waals surface area contributed by atoms with Gasteiger partial charge in [-0.25, -0.2) is 0 Å². The Balaban J connectivity index is 2.39. The number of halogens is 1. The fourth-order valence-electron chi connectivity index (χ4n) is 0.968. The van der Waals surface area contributed by atoms with Crippen LogP contribution in [0.25, 0.3) is 0 Å². The fraction of sp³-hybridized carbons (Fsp3) is 0.143. The van der Waals surface area contributed by atoms with Crippen LogP contribution in [0.2, 0.25) is 0 Å². The molecule has 0 saturated heterocycles. The van der Waals surface area contributed by atoms with Crippen LogP contribution >= 0.6 is 22.6 Å². The first-order valence-electron chi connectivity index (χ1n) is 3.00. The van der Waals surface area contributed by atoms with Crippen molar-refractivity contribution in [1.82, 2.24) is 0 Å². The maximum atomic E-state index is 4.21. The summed E-state index contributed by atoms with van der Waals surface area (Å²) in [4.78, 5) is 8.33. The summed E-state index contributed by atoms with van der Waals surface area (Å²) in [5.41, 5.74) is 1.20. The standard InChI is InChI=1S/C7H5IN2/c8-6-3-5-1-2-9-7(5)10-4-6/h1-4,7H/t7-/m0/s1. The lowest BCUT2D eigenvalue weighted by molar-refractivity contribution is 0.863. The van der Waals surface area contributed by atoms with E-state index in [0.717, 1.165) is 0 Å². The first kappa shape index (κ1) is 6.27. The predicted molar refractivity (Wildman–Crippen MR) is 51.0 cm³/mol. The van der Waals surface area contributed by atoms with Gasteiger partial charge in [0.2, 0.25) is 0 Å². The quantitative estimate of drug-likeness (QED) is 0.580. The van der Waals surface area contributed by atoms with Crippen molar-refractivity contribution in [3.05, 3.63) is 21.3 Å². The van der Waals surface area contributed by atoms with E-state index in [9.17, 15) is 0 Å². The normalized spacial score (nSPS) is 27.9. The van der Waals surface area contributed by atoms with E-state index in [1.165, 1.54) is 9.15 Å². The molecule has 0 amide bonds. The molecule has 10 heavy (non-hydrogen) atoms. The Hall–Kier alpha value is -0.450. The van der Waals surface area contributed by atoms with Gasteiger partial charge >= 0.3 is 0 Å². The summed E-state index contributed by atoms with van der Waals surface area (Å²) in [7, 11) is 0. The molecule has 0 bridgehead atoms. The average Bonchev–Trinajstić information content (AvgIpc) is 2.33. The van der Waals surface area contributed by atoms with Crippen LogP contribution in [0.15, 0.2) is 31.3 Å². The van der Waals surface area contributed by atoms with E-state index in [0.29, 0.717) is 0 Å². The van der Waals surface area contributed by atoms with Gasteiger partial charge < -0.3 is 0 Å². The molecule has 0 aromatic carbocycles. The number of dihydropyridines is 1. The highest BCUT2D eigenvalue weighted by atomic mass is 127. The van der Waals surface area contributed by atoms with Crippen molar-refractivity contribution in [2.75, 3.05) is 0 Å². The van der Waals surface area contributed by atoms with Crippen molar-refractivity contribution in [2.24, 2.45) is 9.98 Å². The Bertz CT molecular complexity index is 273. The lowest BCUT2D eigenvalue weighted by atomic mass is 10.2. The van der Waals surface area contributed by atoms with Crippen LogP contribution in [0, 0.1) is 0 Å². The second-order valence-corrected chi connectivity index (χ2v) is 3.39. The monoisotopic (exact) mass is 244 g/mol. The van der Waals surface area contributed by atoms with Gasteiger partial charge in [-0.3, -0.25) is 9.98 Å². The molecule has 0 aromatic heterocycles. The second-order valence-electron chi connectivity index (χ2n) is 2.15. The fourth-order valence-corrected chi connectivity index (χ4v) is 1.49. The van der Waals surface area contributed by atoms with Gasteiger partial charge in [-0.15, -0.1) is 0 Å². The zero-order chi connectivity index (χ0) is 6.97. The van der Waals surface area contributed by atoms with E-state index in [1.54, 1.807) is 0 Å². The minimum atomic E-state index is 0.0681. The number of nitrogens with zero attached hydrogens (tertiary/aromatic N) is 2. The van der Waals surface area contributed by atoms with E-state index in [-0.39, 0.29) is 6.17 Å². The molecule has 0 radical (unpaired) electrons. The molecule has 2 aliphatic heterocycles. The smallest absolute Gasteiger partial charge is 0.165 e. The minimum Gasteiger partial charge on any atom is -0.262 e. The molecule has 0 unspecified atom stereocenters. The van der Waals surface area contributed by atoms with Crippen molar-refractivity contribution < 1.29 is 0 Å². The van der Waals surface area contributed by atoms with E-state index < -0.39 is 0 Å². The summed E-state index contributed by atoms with van der Waals surface area (Å²) in [6, 6.07) is 0. The molecular formula is C7H5IN2. The van der Waals surface area contributed by atoms with Crippen molar-refractivity contribution in [2.45, 2.75) is 6.17 Å². The summed E-state index contributed by atoms with van der Waals surface area (Å²) < 4.78 is 1.17. The molecule has 2 heterocycles. The van der Waals surface area contributed by atoms with Gasteiger partial charge in [0.05, 0.1) is 0 Å². The van der Waals surface area contributed by atoms with Gasteiger partial charge in [0.1, 0.15) is 0 Å². The van der Waals surface area contributed by atoms with E-state index in [4.69, 9.17) is 0 Å². The molecule has 2 nitrogen and oxygen atoms in total. The first-order chi connectivity index (χ1) is 4.86. The molecule has 0 spiro atoms. The van der Waals surface area contributed by atoms with E-state index in [2.05, 4.69) is 38.7 Å². The SMILES string of the molecule is IC1=CC2=CC=N[C@H]2N=C1. The number of aliphatic imine (C=N–C) groups is 2. The van der Waals surface area contributed by atoms with Crippen LogP contribution in [-0.4, -0.2) is 18.6 Å². The number of rotatable bonds is 0. The summed E-state index contributed by atoms with van der Waals surface area (Å²) in [6.07, 6.45) is 7.83. The Labute approximate surface area is 72.6 Å². The Morgan fingerprint density at radius 1 is 1.40 bits per heavy atom. The van der Waals surface area contributed by atoms with Crippen LogP contribution in [0.1, 0.15) is 0 Å². The molecule has 3 heteroatoms. The van der Waals surface area contributed by atoms with Gasteiger partial charge in [0.25, 0.3) is 0 Å². The Kier molecular flexibility index (Phi) is 1.44. The zero-order valence-corrected chi connectivity index (χ0v) is 7.32. The maximum Gasteiger partial charge on any atom is 0.165 e. The summed E-state index contributed by atoms with van der Waals surface area (Å²) in [6.45, 7) is 0. The number of hydrogen-bond donors (Lipinski definition) is 0. The first-order valence-corrected chi connectivity index (χ1v) is 4.08. The van der Waals surface area contributed by atoms with Gasteiger partial charge in [-0.05, 0) is 34.7 Å². The van der Waals surface area contributed by atoms with E-state index >= 15 is 0 Å². The average molecular weight is 244 g/mol. The van der Waals surface area contributed by atoms with Gasteiger partial charge in [-0.2, -0.15) is 0 Å². The lowest BCUT2D eigenvalue weighted by Gasteiger charge is -2.07. The van der Waals surface area contributed by atoms with Crippen molar-refractivity contribution in [3.8, 4) is 0 Å². The van der Waals surface area contributed by atoms with Crippen molar-refractivity contribution >= 4 is 35.0 Å². The molecule has 0 aromatic rings. The van der Waals surface area contributed by atoms with Crippen LogP contribution in [0.3, 0.4) is 0 Å². The third kappa shape index (κ3) is 0.941. The Morgan fingerprint density at radius 3 is 3.20 bits per heavy atom. The number of hydrogen-bond acceptors (Lipinski definition) is 2. The molecule has 2 rings (SSSR count). The molecule has 50 valence electrons. The molecular weight excluding hydrogens is 239 g/mol. The maximum absolute atomic E-state index is 4.21. The number of allylic oxidation sites excluding steroid dienone is 2. The lowest BCUT2D eigenvalue weighted by Crippen LogP contribution is -2.04. The van der Waals surface area contributed by atoms with Crippen LogP contribution in [-0.2, 0) is 0 Å². The third-order valence-electron chi connectivity index (χ3n) is 1.44. The highest BCUT2D eigenvalue weighted by Crippen LogP contribution is 2.21. The molecule has 1 atom stereocenters. The Morgan fingerprint density at radius 2 is 2.30 bits per heavy atom. The van der Waals surface area contributed by atoms with Crippen molar-refractivity contribution in [3.63, 3.8) is 0 Å². The largest absolute Gasteiger partial charge is 0.262 e. The highest BCUT2D eigenvalue weighted by Gasteiger charge is 2.14. The third-order valence-corrected chi connectivity index (χ3v) is 2.03. The van der Waals surface area contributed by atoms with E-state index in [1.807, 2.05) is 18.5 Å². The summed E-state index contributed by atoms with van der Waals surface area (Å²) in [5, 5.41) is 0. The van der Waals surface area contributed by atoms with Gasteiger partial charge in [0.15, 0.2) is 6.17 Å². The van der Waals surface area contributed by atoms with Gasteiger partial charge in [0, 0.05) is 21.6 Å². The molecule has 0 N–H and O–H groups in total.